The van der Waals surface area contributed by atoms with Gasteiger partial charge in [0.15, 0.2) is 6.10 Å². The van der Waals surface area contributed by atoms with E-state index in [1.54, 1.807) is 7.11 Å². The molecule has 5 heteroatoms. The third-order valence-corrected chi connectivity index (χ3v) is 4.37. The fourth-order valence-electron chi connectivity index (χ4n) is 2.54. The Balaban J connectivity index is 1.85. The van der Waals surface area contributed by atoms with Gasteiger partial charge in [0, 0.05) is 0 Å². The molecular formula is C22H29NO4. The summed E-state index contributed by atoms with van der Waals surface area (Å²) in [4.78, 5) is 12.5. The van der Waals surface area contributed by atoms with E-state index in [9.17, 15) is 4.79 Å². The third kappa shape index (κ3) is 6.20. The topological polar surface area (TPSA) is 56.8 Å². The van der Waals surface area contributed by atoms with Crippen molar-refractivity contribution >= 4 is 5.91 Å². The number of hydrogen-bond acceptors (Lipinski definition) is 4. The molecule has 5 nitrogen and oxygen atoms in total. The molecule has 0 spiro atoms. The maximum absolute atomic E-state index is 12.5. The second-order valence-corrected chi connectivity index (χ2v) is 6.66. The van der Waals surface area contributed by atoms with Crippen molar-refractivity contribution in [3.05, 3.63) is 53.6 Å². The van der Waals surface area contributed by atoms with E-state index in [2.05, 4.69) is 5.32 Å². The maximum atomic E-state index is 12.5. The van der Waals surface area contributed by atoms with Gasteiger partial charge in [0.1, 0.15) is 23.9 Å². The lowest BCUT2D eigenvalue weighted by Gasteiger charge is -2.21. The van der Waals surface area contributed by atoms with E-state index in [1.807, 2.05) is 70.2 Å². The molecule has 0 aromatic heterocycles. The summed E-state index contributed by atoms with van der Waals surface area (Å²) in [5, 5.41) is 2.96. The van der Waals surface area contributed by atoms with Crippen molar-refractivity contribution < 1.29 is 19.0 Å². The number of rotatable bonds is 9. The van der Waals surface area contributed by atoms with Crippen molar-refractivity contribution in [2.24, 2.45) is 0 Å². The zero-order valence-electron chi connectivity index (χ0n) is 16.7. The van der Waals surface area contributed by atoms with Crippen LogP contribution in [-0.2, 0) is 4.79 Å². The highest BCUT2D eigenvalue weighted by Gasteiger charge is 2.20. The first-order valence-electron chi connectivity index (χ1n) is 9.24. The number of carbonyl (C=O) groups is 1. The van der Waals surface area contributed by atoms with Crippen LogP contribution >= 0.6 is 0 Å². The van der Waals surface area contributed by atoms with Crippen LogP contribution in [-0.4, -0.2) is 31.8 Å². The Hall–Kier alpha value is -2.69. The summed E-state index contributed by atoms with van der Waals surface area (Å²) >= 11 is 0. The van der Waals surface area contributed by atoms with Crippen molar-refractivity contribution in [2.75, 3.05) is 13.7 Å². The van der Waals surface area contributed by atoms with Gasteiger partial charge in [-0.05, 0) is 74.7 Å². The molecule has 0 fully saturated rings. The van der Waals surface area contributed by atoms with E-state index in [-0.39, 0.29) is 11.9 Å². The number of nitrogens with one attached hydrogen (secondary N) is 1. The molecule has 0 aliphatic heterocycles. The number of ether oxygens (including phenoxy) is 3. The second-order valence-electron chi connectivity index (χ2n) is 6.66. The van der Waals surface area contributed by atoms with Crippen LogP contribution in [0.15, 0.2) is 42.5 Å². The smallest absolute Gasteiger partial charge is 0.261 e. The highest BCUT2D eigenvalue weighted by atomic mass is 16.5. The first-order valence-corrected chi connectivity index (χ1v) is 9.24. The summed E-state index contributed by atoms with van der Waals surface area (Å²) in [6.07, 6.45) is 0.0562. The predicted octanol–water partition coefficient (Wildman–Crippen LogP) is 4.05. The molecule has 0 saturated heterocycles. The quantitative estimate of drug-likeness (QED) is 0.722. The number of benzene rings is 2. The highest BCUT2D eigenvalue weighted by Crippen LogP contribution is 2.19. The predicted molar refractivity (Wildman–Crippen MR) is 107 cm³/mol. The fraction of sp³-hybridized carbons (Fsp3) is 0.409. The Labute approximate surface area is 161 Å². The molecule has 0 aliphatic rings. The molecule has 2 rings (SSSR count). The van der Waals surface area contributed by atoms with Gasteiger partial charge in [0.25, 0.3) is 5.91 Å². The first-order chi connectivity index (χ1) is 12.9. The van der Waals surface area contributed by atoms with E-state index in [4.69, 9.17) is 14.2 Å². The average Bonchev–Trinajstić information content (AvgIpc) is 2.67. The molecule has 27 heavy (non-hydrogen) atoms. The summed E-state index contributed by atoms with van der Waals surface area (Å²) in [6, 6.07) is 13.1. The van der Waals surface area contributed by atoms with E-state index >= 15 is 0 Å². The number of aryl methyl sites for hydroxylation is 2. The molecule has 0 saturated carbocycles. The van der Waals surface area contributed by atoms with Crippen molar-refractivity contribution in [3.8, 4) is 17.2 Å². The first kappa shape index (κ1) is 20.6. The SMILES string of the molecule is CC[C@H](Oc1ccc(C)c(C)c1)C(=O)N[C@@H](C)COc1ccc(OC)cc1. The van der Waals surface area contributed by atoms with E-state index < -0.39 is 6.10 Å². The lowest BCUT2D eigenvalue weighted by atomic mass is 10.1. The van der Waals surface area contributed by atoms with Crippen molar-refractivity contribution in [2.45, 2.75) is 46.3 Å². The second kappa shape index (κ2) is 9.86. The van der Waals surface area contributed by atoms with Crippen LogP contribution < -0.4 is 19.5 Å². The molecule has 1 amide bonds. The van der Waals surface area contributed by atoms with Crippen LogP contribution in [0.3, 0.4) is 0 Å². The van der Waals surface area contributed by atoms with Crippen LogP contribution in [0.2, 0.25) is 0 Å². The van der Waals surface area contributed by atoms with Crippen LogP contribution in [0.25, 0.3) is 0 Å². The minimum atomic E-state index is -0.532. The summed E-state index contributed by atoms with van der Waals surface area (Å²) in [7, 11) is 1.62. The fourth-order valence-corrected chi connectivity index (χ4v) is 2.54. The van der Waals surface area contributed by atoms with Gasteiger partial charge in [-0.15, -0.1) is 0 Å². The van der Waals surface area contributed by atoms with Crippen LogP contribution in [0, 0.1) is 13.8 Å². The Morgan fingerprint density at radius 2 is 1.63 bits per heavy atom. The number of carbonyl (C=O) groups excluding carboxylic acids is 1. The molecule has 2 atom stereocenters. The van der Waals surface area contributed by atoms with Gasteiger partial charge in [-0.25, -0.2) is 0 Å². The van der Waals surface area contributed by atoms with Gasteiger partial charge in [-0.3, -0.25) is 4.79 Å². The maximum Gasteiger partial charge on any atom is 0.261 e. The van der Waals surface area contributed by atoms with Crippen molar-refractivity contribution in [1.82, 2.24) is 5.32 Å². The minimum absolute atomic E-state index is 0.137. The molecule has 0 unspecified atom stereocenters. The highest BCUT2D eigenvalue weighted by molar-refractivity contribution is 5.81. The normalized spacial score (nSPS) is 12.8. The minimum Gasteiger partial charge on any atom is -0.497 e. The van der Waals surface area contributed by atoms with Gasteiger partial charge >= 0.3 is 0 Å². The van der Waals surface area contributed by atoms with Gasteiger partial charge in [-0.2, -0.15) is 0 Å². The monoisotopic (exact) mass is 371 g/mol. The molecule has 0 aliphatic carbocycles. The van der Waals surface area contributed by atoms with Crippen LogP contribution in [0.1, 0.15) is 31.4 Å². The Morgan fingerprint density at radius 1 is 1.00 bits per heavy atom. The van der Waals surface area contributed by atoms with Crippen molar-refractivity contribution in [1.29, 1.82) is 0 Å². The zero-order valence-corrected chi connectivity index (χ0v) is 16.7. The standard InChI is InChI=1S/C22H29NO4/c1-6-21(27-20-8-7-15(2)16(3)13-20)22(24)23-17(4)14-26-19-11-9-18(25-5)10-12-19/h7-13,17,21H,6,14H2,1-5H3,(H,23,24)/t17-,21-/m0/s1. The van der Waals surface area contributed by atoms with E-state index in [0.29, 0.717) is 18.8 Å². The van der Waals surface area contributed by atoms with Gasteiger partial charge in [0.2, 0.25) is 0 Å². The lowest BCUT2D eigenvalue weighted by Crippen LogP contribution is -2.44. The number of hydrogen-bond donors (Lipinski definition) is 1. The molecule has 0 bridgehead atoms. The summed E-state index contributed by atoms with van der Waals surface area (Å²) in [5.74, 6) is 2.08. The third-order valence-electron chi connectivity index (χ3n) is 4.37. The average molecular weight is 371 g/mol. The van der Waals surface area contributed by atoms with Crippen LogP contribution in [0.5, 0.6) is 17.2 Å². The van der Waals surface area contributed by atoms with Gasteiger partial charge in [-0.1, -0.05) is 13.0 Å². The molecular weight excluding hydrogens is 342 g/mol. The molecule has 1 N–H and O–H groups in total. The van der Waals surface area contributed by atoms with E-state index in [0.717, 1.165) is 17.1 Å². The summed E-state index contributed by atoms with van der Waals surface area (Å²) in [6.45, 7) is 8.29. The number of methoxy groups -OCH3 is 1. The molecule has 0 heterocycles. The molecule has 2 aromatic rings. The van der Waals surface area contributed by atoms with Gasteiger partial charge in [0.05, 0.1) is 13.2 Å². The summed E-state index contributed by atoms with van der Waals surface area (Å²) in [5.41, 5.74) is 2.34. The van der Waals surface area contributed by atoms with Crippen LogP contribution in [0.4, 0.5) is 0 Å². The molecule has 0 radical (unpaired) electrons. The molecule has 2 aromatic carbocycles. The van der Waals surface area contributed by atoms with Gasteiger partial charge < -0.3 is 19.5 Å². The van der Waals surface area contributed by atoms with Crippen molar-refractivity contribution in [3.63, 3.8) is 0 Å². The largest absolute Gasteiger partial charge is 0.497 e. The summed E-state index contributed by atoms with van der Waals surface area (Å²) < 4.78 is 16.7. The Morgan fingerprint density at radius 3 is 2.22 bits per heavy atom. The Bertz CT molecular complexity index is 742. The van der Waals surface area contributed by atoms with E-state index in [1.165, 1.54) is 5.56 Å². The Kier molecular flexibility index (Phi) is 7.53. The molecule has 146 valence electrons. The number of amides is 1. The lowest BCUT2D eigenvalue weighted by molar-refractivity contribution is -0.128. The zero-order chi connectivity index (χ0) is 19.8.